The number of allylic oxidation sites excluding steroid dienone is 1. The van der Waals surface area contributed by atoms with Gasteiger partial charge in [0.2, 0.25) is 5.78 Å². The lowest BCUT2D eigenvalue weighted by Gasteiger charge is -2.59. The molecule has 0 spiro atoms. The zero-order valence-corrected chi connectivity index (χ0v) is 27.9. The molecule has 238 valence electrons. The van der Waals surface area contributed by atoms with Crippen LogP contribution in [0.2, 0.25) is 0 Å². The van der Waals surface area contributed by atoms with Crippen LogP contribution in [-0.2, 0) is 20.8 Å². The van der Waals surface area contributed by atoms with E-state index in [1.54, 1.807) is 26.8 Å². The number of benzene rings is 2. The fourth-order valence-electron chi connectivity index (χ4n) is 8.85. The Morgan fingerprint density at radius 2 is 1.47 bits per heavy atom. The lowest BCUT2D eigenvalue weighted by atomic mass is 9.43. The van der Waals surface area contributed by atoms with Crippen LogP contribution in [0.1, 0.15) is 91.1 Å². The molecule has 0 bridgehead atoms. The summed E-state index contributed by atoms with van der Waals surface area (Å²) >= 11 is 0. The number of fused-ring (bicyclic) bond motifs is 3. The topological polar surface area (TPSA) is 132 Å². The minimum Gasteiger partial charge on any atom is -0.508 e. The molecule has 4 N–H and O–H groups in total. The molecule has 0 radical (unpaired) electrons. The van der Waals surface area contributed by atoms with Gasteiger partial charge in [-0.3, -0.25) is 14.4 Å². The molecule has 4 atom stereocenters. The van der Waals surface area contributed by atoms with Crippen molar-refractivity contribution in [2.45, 2.75) is 87.7 Å². The van der Waals surface area contributed by atoms with Gasteiger partial charge in [0.25, 0.3) is 0 Å². The Morgan fingerprint density at radius 1 is 0.911 bits per heavy atom. The summed E-state index contributed by atoms with van der Waals surface area (Å²) in [4.78, 5) is 40.8. The number of aliphatic hydroxyl groups is 3. The van der Waals surface area contributed by atoms with Crippen LogP contribution in [0.25, 0.3) is 17.9 Å². The first-order valence-corrected chi connectivity index (χ1v) is 15.6. The van der Waals surface area contributed by atoms with E-state index in [-0.39, 0.29) is 35.6 Å². The predicted molar refractivity (Wildman–Crippen MR) is 175 cm³/mol. The second-order valence-electron chi connectivity index (χ2n) is 14.4. The van der Waals surface area contributed by atoms with E-state index in [9.17, 15) is 34.8 Å². The zero-order valence-electron chi connectivity index (χ0n) is 27.9. The van der Waals surface area contributed by atoms with Crippen molar-refractivity contribution in [2.75, 3.05) is 0 Å². The van der Waals surface area contributed by atoms with Crippen LogP contribution >= 0.6 is 0 Å². The molecular weight excluding hydrogens is 568 g/mol. The molecule has 0 aromatic heterocycles. The van der Waals surface area contributed by atoms with E-state index >= 15 is 0 Å². The third-order valence-corrected chi connectivity index (χ3v) is 11.4. The maximum absolute atomic E-state index is 14.5. The summed E-state index contributed by atoms with van der Waals surface area (Å²) in [5, 5.41) is 46.4. The Morgan fingerprint density at radius 3 is 2.00 bits per heavy atom. The minimum atomic E-state index is -2.62. The molecule has 0 saturated heterocycles. The van der Waals surface area contributed by atoms with Crippen LogP contribution in [0.15, 0.2) is 29.0 Å². The summed E-state index contributed by atoms with van der Waals surface area (Å²) in [5.74, 6) is -5.30. The number of phenols is 1. The van der Waals surface area contributed by atoms with Gasteiger partial charge in [0.15, 0.2) is 17.2 Å². The van der Waals surface area contributed by atoms with Crippen molar-refractivity contribution in [3.05, 3.63) is 79.1 Å². The van der Waals surface area contributed by atoms with Crippen molar-refractivity contribution in [3.8, 4) is 5.75 Å². The van der Waals surface area contributed by atoms with Gasteiger partial charge < -0.3 is 20.4 Å². The molecule has 0 heterocycles. The second kappa shape index (κ2) is 10.3. The zero-order chi connectivity index (χ0) is 33.7. The lowest BCUT2D eigenvalue weighted by molar-refractivity contribution is -0.178. The van der Waals surface area contributed by atoms with Gasteiger partial charge in [0, 0.05) is 22.3 Å². The summed E-state index contributed by atoms with van der Waals surface area (Å²) in [6, 6.07) is 3.25. The molecule has 0 aliphatic heterocycles. The van der Waals surface area contributed by atoms with Gasteiger partial charge >= 0.3 is 0 Å². The quantitative estimate of drug-likeness (QED) is 0.218. The lowest BCUT2D eigenvalue weighted by Crippen LogP contribution is -2.69. The highest BCUT2D eigenvalue weighted by Crippen LogP contribution is 2.65. The van der Waals surface area contributed by atoms with Crippen molar-refractivity contribution in [3.63, 3.8) is 0 Å². The summed E-state index contributed by atoms with van der Waals surface area (Å²) in [6.45, 7) is 18.7. The van der Waals surface area contributed by atoms with Crippen LogP contribution in [0, 0.1) is 57.3 Å². The molecule has 45 heavy (non-hydrogen) atoms. The van der Waals surface area contributed by atoms with Gasteiger partial charge in [-0.1, -0.05) is 45.9 Å². The number of rotatable bonds is 4. The summed E-state index contributed by atoms with van der Waals surface area (Å²) in [6.07, 6.45) is 4.28. The van der Waals surface area contributed by atoms with Crippen LogP contribution in [0.3, 0.4) is 0 Å². The van der Waals surface area contributed by atoms with Gasteiger partial charge in [0.05, 0.1) is 5.56 Å². The van der Waals surface area contributed by atoms with E-state index in [1.807, 2.05) is 19.1 Å². The molecule has 2 aromatic carbocycles. The Balaban J connectivity index is 1.75. The second-order valence-corrected chi connectivity index (χ2v) is 14.4. The average molecular weight is 613 g/mol. The van der Waals surface area contributed by atoms with Crippen LogP contribution < -0.4 is 0 Å². The number of Topliss-reactive ketones (excluding diaryl/α,β-unsaturated/α-hetero) is 3. The van der Waals surface area contributed by atoms with Gasteiger partial charge in [0.1, 0.15) is 22.8 Å². The first kappa shape index (κ1) is 32.4. The number of hydrogen-bond acceptors (Lipinski definition) is 7. The highest BCUT2D eigenvalue weighted by atomic mass is 16.3. The van der Waals surface area contributed by atoms with Crippen LogP contribution in [0.4, 0.5) is 0 Å². The number of carbonyl (C=O) groups excluding carboxylic acids is 3. The molecule has 5 rings (SSSR count). The van der Waals surface area contributed by atoms with Gasteiger partial charge in [-0.2, -0.15) is 0 Å². The number of ketones is 3. The number of phenolic OH excluding ortho intramolecular Hbond substituents is 1. The summed E-state index contributed by atoms with van der Waals surface area (Å²) in [7, 11) is 0. The molecule has 7 heteroatoms. The van der Waals surface area contributed by atoms with Crippen molar-refractivity contribution in [1.82, 2.24) is 0 Å². The maximum Gasteiger partial charge on any atom is 0.203 e. The summed E-state index contributed by atoms with van der Waals surface area (Å²) < 4.78 is 0. The number of carbonyl (C=O) groups is 3. The van der Waals surface area contributed by atoms with E-state index in [4.69, 9.17) is 0 Å². The first-order chi connectivity index (χ1) is 20.8. The van der Waals surface area contributed by atoms with E-state index in [0.717, 1.165) is 18.1 Å². The average Bonchev–Trinajstić information content (AvgIpc) is 2.93. The molecule has 1 fully saturated rings. The van der Waals surface area contributed by atoms with E-state index in [1.165, 1.54) is 33.9 Å². The standard InChI is InChI=1S/C38H44O7/c1-17(2)30-32(41)28(23(8)39)34(43)38(45)35(44)31-33(42)29-26(15-36(31,9)16-37(30,38)10)24(12-14-27(29)40)11-13-25-21(6)19(4)18(3)20(5)22(25)7/h11-14,17,30,40,42-43,45H,15-16H2,1-10H3/b13-11+/t30?,36-,37-,38+/m1/s1. The smallest absolute Gasteiger partial charge is 0.203 e. The van der Waals surface area contributed by atoms with Gasteiger partial charge in [-0.15, -0.1) is 0 Å². The first-order valence-electron chi connectivity index (χ1n) is 15.6. The molecule has 1 saturated carbocycles. The third kappa shape index (κ3) is 4.16. The number of aromatic hydroxyl groups is 1. The Bertz CT molecular complexity index is 1790. The highest BCUT2D eigenvalue weighted by Gasteiger charge is 2.72. The fourth-order valence-corrected chi connectivity index (χ4v) is 8.85. The van der Waals surface area contributed by atoms with Gasteiger partial charge in [-0.05, 0) is 111 Å². The molecule has 3 aliphatic rings. The SMILES string of the molecule is CC(=O)C1=C(O)[C@]2(O)C(=O)C3=C(O)c4c(O)ccc(/C=C/c5c(C)c(C)c(C)c(C)c5C)c4C[C@]3(C)C[C@]2(C)C(C(C)C)C1=O. The van der Waals surface area contributed by atoms with Crippen molar-refractivity contribution in [1.29, 1.82) is 0 Å². The molecule has 2 aromatic rings. The number of hydrogen-bond donors (Lipinski definition) is 4. The van der Waals surface area contributed by atoms with Crippen molar-refractivity contribution >= 4 is 35.3 Å². The largest absolute Gasteiger partial charge is 0.508 e. The Hall–Kier alpha value is -3.97. The number of aliphatic hydroxyl groups excluding tert-OH is 2. The maximum atomic E-state index is 14.5. The van der Waals surface area contributed by atoms with Gasteiger partial charge in [-0.25, -0.2) is 0 Å². The fraction of sp³-hybridized carbons (Fsp3) is 0.447. The molecular formula is C38H44O7. The molecule has 1 unspecified atom stereocenters. The van der Waals surface area contributed by atoms with E-state index < -0.39 is 56.8 Å². The predicted octanol–water partition coefficient (Wildman–Crippen LogP) is 6.90. The molecule has 3 aliphatic carbocycles. The minimum absolute atomic E-state index is 0.0539. The molecule has 7 nitrogen and oxygen atoms in total. The third-order valence-electron chi connectivity index (χ3n) is 11.4. The molecule has 0 amide bonds. The highest BCUT2D eigenvalue weighted by molar-refractivity contribution is 6.24. The normalized spacial score (nSPS) is 28.1. The summed E-state index contributed by atoms with van der Waals surface area (Å²) in [5.41, 5.74) is 2.71. The monoisotopic (exact) mass is 612 g/mol. The van der Waals surface area contributed by atoms with E-state index in [2.05, 4.69) is 34.6 Å². The van der Waals surface area contributed by atoms with Crippen molar-refractivity contribution in [2.24, 2.45) is 22.7 Å². The van der Waals surface area contributed by atoms with Crippen LogP contribution in [0.5, 0.6) is 5.75 Å². The van der Waals surface area contributed by atoms with Crippen LogP contribution in [-0.4, -0.2) is 43.4 Å². The van der Waals surface area contributed by atoms with E-state index in [0.29, 0.717) is 5.56 Å². The Labute approximate surface area is 265 Å². The van der Waals surface area contributed by atoms with Crippen molar-refractivity contribution < 1.29 is 34.8 Å². The Kier molecular flexibility index (Phi) is 7.40.